The third-order valence-corrected chi connectivity index (χ3v) is 6.24. The molecule has 0 unspecified atom stereocenters. The van der Waals surface area contributed by atoms with Crippen LogP contribution in [0.2, 0.25) is 0 Å². The Morgan fingerprint density at radius 3 is 2.21 bits per heavy atom. The molecule has 0 fully saturated rings. The normalized spacial score (nSPS) is 13.9. The number of nitrogens with zero attached hydrogens (tertiary/aromatic N) is 2. The molecular weight excluding hydrogens is 444 g/mol. The third-order valence-electron chi connectivity index (χ3n) is 6.05. The van der Waals surface area contributed by atoms with E-state index in [2.05, 4.69) is 19.0 Å². The average molecular weight is 471 g/mol. The summed E-state index contributed by atoms with van der Waals surface area (Å²) in [6, 6.07) is 10.5. The Morgan fingerprint density at radius 1 is 1.06 bits per heavy atom. The highest BCUT2D eigenvalue weighted by atomic mass is 35.5. The highest BCUT2D eigenvalue weighted by Crippen LogP contribution is 2.54. The van der Waals surface area contributed by atoms with Crippen LogP contribution < -0.4 is 0 Å². The number of rotatable bonds is 10. The summed E-state index contributed by atoms with van der Waals surface area (Å²) in [6.07, 6.45) is 3.52. The Hall–Kier alpha value is -3.06. The van der Waals surface area contributed by atoms with Crippen molar-refractivity contribution in [3.8, 4) is 11.1 Å². The predicted molar refractivity (Wildman–Crippen MR) is 128 cm³/mol. The molecule has 33 heavy (non-hydrogen) atoms. The first-order chi connectivity index (χ1) is 15.8. The van der Waals surface area contributed by atoms with E-state index in [0.29, 0.717) is 5.56 Å². The molecule has 1 aliphatic carbocycles. The van der Waals surface area contributed by atoms with Gasteiger partial charge in [0.25, 0.3) is 5.69 Å². The zero-order valence-electron chi connectivity index (χ0n) is 19.0. The van der Waals surface area contributed by atoms with E-state index in [4.69, 9.17) is 16.4 Å². The summed E-state index contributed by atoms with van der Waals surface area (Å²) < 4.78 is 0. The molecule has 0 atom stereocenters. The molecule has 2 aromatic rings. The second kappa shape index (κ2) is 10.3. The number of carbonyl (C=O) groups excluding carboxylic acids is 2. The SMILES string of the molecule is CCCC1(CCC)c2cc(C(=O)/C(CCCl)=N/OC(C)=O)ccc2-c2ccc([N+](=O)[O-])cc21. The van der Waals surface area contributed by atoms with Crippen LogP contribution in [0.4, 0.5) is 5.69 Å². The maximum atomic E-state index is 13.2. The Balaban J connectivity index is 2.17. The van der Waals surface area contributed by atoms with Crippen molar-refractivity contribution in [3.05, 3.63) is 63.2 Å². The van der Waals surface area contributed by atoms with Crippen LogP contribution in [0.25, 0.3) is 11.1 Å². The van der Waals surface area contributed by atoms with Gasteiger partial charge < -0.3 is 4.84 Å². The molecule has 0 N–H and O–H groups in total. The maximum Gasteiger partial charge on any atom is 0.331 e. The van der Waals surface area contributed by atoms with Crippen LogP contribution in [-0.2, 0) is 15.0 Å². The van der Waals surface area contributed by atoms with E-state index < -0.39 is 11.4 Å². The lowest BCUT2D eigenvalue weighted by Gasteiger charge is -2.32. The van der Waals surface area contributed by atoms with Gasteiger partial charge in [0.15, 0.2) is 0 Å². The molecule has 3 rings (SSSR count). The fraction of sp³-hybridized carbons (Fsp3) is 0.400. The van der Waals surface area contributed by atoms with Crippen molar-refractivity contribution < 1.29 is 19.3 Å². The van der Waals surface area contributed by atoms with Crippen LogP contribution in [0.1, 0.15) is 74.4 Å². The molecule has 0 spiro atoms. The first-order valence-corrected chi connectivity index (χ1v) is 11.6. The summed E-state index contributed by atoms with van der Waals surface area (Å²) in [5, 5.41) is 15.2. The van der Waals surface area contributed by atoms with Crippen molar-refractivity contribution in [2.75, 3.05) is 5.88 Å². The number of halogens is 1. The number of ketones is 1. The van der Waals surface area contributed by atoms with Gasteiger partial charge in [-0.3, -0.25) is 14.9 Å². The molecule has 0 bridgehead atoms. The summed E-state index contributed by atoms with van der Waals surface area (Å²) in [7, 11) is 0. The average Bonchev–Trinajstić information content (AvgIpc) is 3.05. The zero-order valence-corrected chi connectivity index (χ0v) is 19.8. The van der Waals surface area contributed by atoms with Gasteiger partial charge >= 0.3 is 5.97 Å². The monoisotopic (exact) mass is 470 g/mol. The molecule has 0 radical (unpaired) electrons. The number of hydrogen-bond donors (Lipinski definition) is 0. The minimum Gasteiger partial charge on any atom is -0.318 e. The Kier molecular flexibility index (Phi) is 7.64. The Bertz CT molecular complexity index is 1120. The van der Waals surface area contributed by atoms with E-state index in [1.165, 1.54) is 13.0 Å². The number of non-ortho nitro benzene ring substituents is 1. The van der Waals surface area contributed by atoms with Crippen molar-refractivity contribution in [2.24, 2.45) is 5.16 Å². The number of benzene rings is 2. The molecule has 8 heteroatoms. The van der Waals surface area contributed by atoms with Crippen molar-refractivity contribution in [2.45, 2.75) is 58.3 Å². The van der Waals surface area contributed by atoms with Gasteiger partial charge in [0.2, 0.25) is 5.78 Å². The van der Waals surface area contributed by atoms with E-state index in [1.807, 2.05) is 18.2 Å². The van der Waals surface area contributed by atoms with Crippen molar-refractivity contribution in [1.29, 1.82) is 0 Å². The number of alkyl halides is 1. The lowest BCUT2D eigenvalue weighted by molar-refractivity contribution is -0.384. The second-order valence-electron chi connectivity index (χ2n) is 8.22. The predicted octanol–water partition coefficient (Wildman–Crippen LogP) is 6.19. The molecule has 7 nitrogen and oxygen atoms in total. The van der Waals surface area contributed by atoms with Crippen LogP contribution in [0.15, 0.2) is 41.6 Å². The highest BCUT2D eigenvalue weighted by Gasteiger charge is 2.43. The van der Waals surface area contributed by atoms with E-state index in [1.54, 1.807) is 12.1 Å². The topological polar surface area (TPSA) is 98.9 Å². The molecule has 0 aromatic heterocycles. The second-order valence-corrected chi connectivity index (χ2v) is 8.60. The fourth-order valence-electron chi connectivity index (χ4n) is 4.83. The van der Waals surface area contributed by atoms with E-state index in [-0.39, 0.29) is 34.4 Å². The molecule has 0 saturated carbocycles. The number of nitro benzene ring substituents is 1. The van der Waals surface area contributed by atoms with Gasteiger partial charge in [-0.1, -0.05) is 44.0 Å². The van der Waals surface area contributed by atoms with E-state index in [0.717, 1.165) is 47.9 Å². The lowest BCUT2D eigenvalue weighted by Crippen LogP contribution is -2.26. The van der Waals surface area contributed by atoms with Gasteiger partial charge in [-0.2, -0.15) is 0 Å². The molecule has 0 saturated heterocycles. The molecular formula is C25H27ClN2O5. The Labute approximate surface area is 197 Å². The Morgan fingerprint density at radius 2 is 1.67 bits per heavy atom. The first-order valence-electron chi connectivity index (χ1n) is 11.1. The molecule has 174 valence electrons. The highest BCUT2D eigenvalue weighted by molar-refractivity contribution is 6.46. The van der Waals surface area contributed by atoms with Crippen molar-refractivity contribution >= 4 is 34.8 Å². The largest absolute Gasteiger partial charge is 0.331 e. The standard InChI is InChI=1S/C25H27ClN2O5/c1-4-11-25(12-5-2)21-14-17(24(30)23(10-13-26)27-33-16(3)29)6-8-19(21)20-9-7-18(28(31)32)15-22(20)25/h6-9,14-15H,4-5,10-13H2,1-3H3/b27-23+. The molecule has 0 aliphatic heterocycles. The van der Waals surface area contributed by atoms with Crippen LogP contribution in [0.3, 0.4) is 0 Å². The first kappa shape index (κ1) is 24.6. The summed E-state index contributed by atoms with van der Waals surface area (Å²) in [4.78, 5) is 40.2. The summed E-state index contributed by atoms with van der Waals surface area (Å²) in [5.41, 5.74) is 4.01. The van der Waals surface area contributed by atoms with Gasteiger partial charge in [-0.15, -0.1) is 11.6 Å². The number of oxime groups is 1. The molecule has 0 heterocycles. The summed E-state index contributed by atoms with van der Waals surface area (Å²) in [6.45, 7) is 5.39. The van der Waals surface area contributed by atoms with Gasteiger partial charge in [-0.05, 0) is 47.2 Å². The van der Waals surface area contributed by atoms with Gasteiger partial charge in [0, 0.05) is 42.3 Å². The number of hydrogen-bond acceptors (Lipinski definition) is 6. The van der Waals surface area contributed by atoms with Crippen molar-refractivity contribution in [1.82, 2.24) is 0 Å². The van der Waals surface area contributed by atoms with Crippen LogP contribution >= 0.6 is 11.6 Å². The van der Waals surface area contributed by atoms with Gasteiger partial charge in [0.1, 0.15) is 5.71 Å². The minimum atomic E-state index is -0.620. The zero-order chi connectivity index (χ0) is 24.2. The quantitative estimate of drug-likeness (QED) is 0.103. The fourth-order valence-corrected chi connectivity index (χ4v) is 5.01. The van der Waals surface area contributed by atoms with E-state index >= 15 is 0 Å². The summed E-state index contributed by atoms with van der Waals surface area (Å²) in [5.74, 6) is -0.823. The minimum absolute atomic E-state index is 0.0624. The number of nitro groups is 1. The van der Waals surface area contributed by atoms with Crippen molar-refractivity contribution in [3.63, 3.8) is 0 Å². The van der Waals surface area contributed by atoms with E-state index in [9.17, 15) is 19.7 Å². The smallest absolute Gasteiger partial charge is 0.318 e. The number of carbonyl (C=O) groups is 2. The van der Waals surface area contributed by atoms with Crippen LogP contribution in [-0.4, -0.2) is 28.3 Å². The van der Waals surface area contributed by atoms with Gasteiger partial charge in [0.05, 0.1) is 4.92 Å². The maximum absolute atomic E-state index is 13.2. The molecule has 2 aromatic carbocycles. The lowest BCUT2D eigenvalue weighted by atomic mass is 9.71. The van der Waals surface area contributed by atoms with Gasteiger partial charge in [-0.25, -0.2) is 4.79 Å². The number of Topliss-reactive ketones (excluding diaryl/α,β-unsaturated/α-hetero) is 1. The third kappa shape index (κ3) is 4.69. The summed E-state index contributed by atoms with van der Waals surface area (Å²) >= 11 is 5.84. The van der Waals surface area contributed by atoms with Crippen LogP contribution in [0.5, 0.6) is 0 Å². The number of fused-ring (bicyclic) bond motifs is 3. The van der Waals surface area contributed by atoms with Crippen LogP contribution in [0, 0.1) is 10.1 Å². The molecule has 0 amide bonds. The molecule has 1 aliphatic rings.